The molecule has 172 valence electrons. The number of carbonyl (C=O) groups excluding carboxylic acids is 1. The van der Waals surface area contributed by atoms with Crippen LogP contribution in [0.2, 0.25) is 0 Å². The molecule has 0 bridgehead atoms. The van der Waals surface area contributed by atoms with Gasteiger partial charge in [0, 0.05) is 0 Å². The van der Waals surface area contributed by atoms with Gasteiger partial charge in [0.15, 0.2) is 6.10 Å². The molecule has 3 aromatic carbocycles. The number of ether oxygens (including phenoxy) is 2. The van der Waals surface area contributed by atoms with Gasteiger partial charge in [-0.25, -0.2) is 8.42 Å². The largest absolute Gasteiger partial charge is 0.489 e. The first-order valence-corrected chi connectivity index (χ1v) is 12.3. The van der Waals surface area contributed by atoms with Crippen molar-refractivity contribution in [2.75, 3.05) is 16.2 Å². The number of nitrogens with zero attached hydrogens (tertiary/aromatic N) is 1. The van der Waals surface area contributed by atoms with Crippen LogP contribution in [0.25, 0.3) is 0 Å². The predicted octanol–water partition coefficient (Wildman–Crippen LogP) is 4.21. The summed E-state index contributed by atoms with van der Waals surface area (Å²) in [4.78, 5) is 13.1. The zero-order valence-corrected chi connectivity index (χ0v) is 19.3. The Bertz CT molecular complexity index is 1230. The minimum atomic E-state index is -3.76. The average Bonchev–Trinajstić information content (AvgIpc) is 2.79. The average molecular weight is 467 g/mol. The summed E-state index contributed by atoms with van der Waals surface area (Å²) in [5, 5.41) is 2.83. The summed E-state index contributed by atoms with van der Waals surface area (Å²) in [6.07, 6.45) is -1.10. The van der Waals surface area contributed by atoms with Gasteiger partial charge in [-0.1, -0.05) is 54.6 Å². The van der Waals surface area contributed by atoms with E-state index in [2.05, 4.69) is 5.32 Å². The smallest absolute Gasteiger partial charge is 0.267 e. The van der Waals surface area contributed by atoms with Crippen LogP contribution in [0.5, 0.6) is 11.5 Å². The molecule has 8 heteroatoms. The van der Waals surface area contributed by atoms with Crippen molar-refractivity contribution in [1.29, 1.82) is 0 Å². The van der Waals surface area contributed by atoms with Crippen LogP contribution >= 0.6 is 0 Å². The summed E-state index contributed by atoms with van der Waals surface area (Å²) >= 11 is 0. The number of fused-ring (bicyclic) bond motifs is 1. The summed E-state index contributed by atoms with van der Waals surface area (Å²) in [7, 11) is -3.76. The maximum Gasteiger partial charge on any atom is 0.267 e. The first kappa shape index (κ1) is 22.7. The number of nitrogens with one attached hydrogen (secondary N) is 1. The molecule has 0 aliphatic carbocycles. The van der Waals surface area contributed by atoms with Crippen LogP contribution in [0, 0.1) is 0 Å². The normalized spacial score (nSPS) is 15.5. The highest BCUT2D eigenvalue weighted by Crippen LogP contribution is 2.36. The SMILES string of the molecule is CC(C)Oc1ccccc1NC(=O)C1CN(S(=O)(=O)Cc2ccccc2)c2ccccc2O1. The van der Waals surface area contributed by atoms with Gasteiger partial charge in [0.2, 0.25) is 10.0 Å². The molecule has 4 rings (SSSR count). The van der Waals surface area contributed by atoms with Crippen molar-refractivity contribution in [1.82, 2.24) is 0 Å². The first-order chi connectivity index (χ1) is 15.8. The van der Waals surface area contributed by atoms with Crippen molar-refractivity contribution in [3.05, 3.63) is 84.4 Å². The molecule has 1 unspecified atom stereocenters. The van der Waals surface area contributed by atoms with Crippen LogP contribution in [-0.4, -0.2) is 33.1 Å². The second-order valence-corrected chi connectivity index (χ2v) is 9.89. The number of anilines is 2. The van der Waals surface area contributed by atoms with Gasteiger partial charge in [0.1, 0.15) is 11.5 Å². The second kappa shape index (κ2) is 9.54. The Morgan fingerprint density at radius 2 is 1.70 bits per heavy atom. The van der Waals surface area contributed by atoms with E-state index < -0.39 is 22.0 Å². The minimum Gasteiger partial charge on any atom is -0.489 e. The molecule has 0 spiro atoms. The van der Waals surface area contributed by atoms with E-state index in [1.807, 2.05) is 26.0 Å². The van der Waals surface area contributed by atoms with Crippen molar-refractivity contribution in [2.45, 2.75) is 31.8 Å². The highest BCUT2D eigenvalue weighted by Gasteiger charge is 2.37. The van der Waals surface area contributed by atoms with Crippen LogP contribution in [0.15, 0.2) is 78.9 Å². The number of para-hydroxylation sites is 4. The Balaban J connectivity index is 1.60. The van der Waals surface area contributed by atoms with Crippen LogP contribution in [-0.2, 0) is 20.6 Å². The topological polar surface area (TPSA) is 84.9 Å². The van der Waals surface area contributed by atoms with E-state index in [1.165, 1.54) is 4.31 Å². The van der Waals surface area contributed by atoms with Gasteiger partial charge in [-0.3, -0.25) is 9.10 Å². The third-order valence-corrected chi connectivity index (χ3v) is 6.78. The molecule has 0 aromatic heterocycles. The van der Waals surface area contributed by atoms with E-state index in [9.17, 15) is 13.2 Å². The minimum absolute atomic E-state index is 0.0699. The van der Waals surface area contributed by atoms with E-state index in [0.717, 1.165) is 0 Å². The molecule has 1 heterocycles. The van der Waals surface area contributed by atoms with Gasteiger partial charge in [-0.2, -0.15) is 0 Å². The molecule has 1 aliphatic heterocycles. The summed E-state index contributed by atoms with van der Waals surface area (Å²) in [6, 6.07) is 22.9. The number of hydrogen-bond acceptors (Lipinski definition) is 5. The molecule has 1 aliphatic rings. The summed E-state index contributed by atoms with van der Waals surface area (Å²) in [6.45, 7) is 3.66. The number of carbonyl (C=O) groups is 1. The molecule has 3 aromatic rings. The molecule has 1 atom stereocenters. The second-order valence-electron chi connectivity index (χ2n) is 8.00. The maximum atomic E-state index is 13.3. The molecule has 0 radical (unpaired) electrons. The summed E-state index contributed by atoms with van der Waals surface area (Å²) < 4.78 is 39.6. The van der Waals surface area contributed by atoms with Crippen LogP contribution in [0.3, 0.4) is 0 Å². The van der Waals surface area contributed by atoms with Gasteiger partial charge in [0.25, 0.3) is 5.91 Å². The van der Waals surface area contributed by atoms with Gasteiger partial charge in [0.05, 0.1) is 29.8 Å². The van der Waals surface area contributed by atoms with Crippen molar-refractivity contribution in [2.24, 2.45) is 0 Å². The van der Waals surface area contributed by atoms with Crippen molar-refractivity contribution >= 4 is 27.3 Å². The quantitative estimate of drug-likeness (QED) is 0.564. The van der Waals surface area contributed by atoms with Crippen LogP contribution in [0.4, 0.5) is 11.4 Å². The standard InChI is InChI=1S/C25H26N2O5S/c1-18(2)31-22-14-8-6-12-20(22)26-25(28)24-16-27(21-13-7-9-15-23(21)32-24)33(29,30)17-19-10-4-3-5-11-19/h3-15,18,24H,16-17H2,1-2H3,(H,26,28). The predicted molar refractivity (Wildman–Crippen MR) is 128 cm³/mol. The first-order valence-electron chi connectivity index (χ1n) is 10.7. The molecule has 0 fully saturated rings. The number of rotatable bonds is 7. The van der Waals surface area contributed by atoms with Gasteiger partial charge >= 0.3 is 0 Å². The van der Waals surface area contributed by atoms with Crippen molar-refractivity contribution in [3.8, 4) is 11.5 Å². The van der Waals surface area contributed by atoms with E-state index in [4.69, 9.17) is 9.47 Å². The van der Waals surface area contributed by atoms with Crippen LogP contribution < -0.4 is 19.1 Å². The van der Waals surface area contributed by atoms with Gasteiger partial charge in [-0.05, 0) is 43.7 Å². The third kappa shape index (κ3) is 5.28. The fraction of sp³-hybridized carbons (Fsp3) is 0.240. The lowest BCUT2D eigenvalue weighted by Gasteiger charge is -2.34. The van der Waals surface area contributed by atoms with Gasteiger partial charge in [-0.15, -0.1) is 0 Å². The Labute approximate surface area is 194 Å². The lowest BCUT2D eigenvalue weighted by Crippen LogP contribution is -2.49. The molecular formula is C25H26N2O5S. The third-order valence-electron chi connectivity index (χ3n) is 5.06. The zero-order valence-electron chi connectivity index (χ0n) is 18.5. The number of sulfonamides is 1. The highest BCUT2D eigenvalue weighted by atomic mass is 32.2. The summed E-state index contributed by atoms with van der Waals surface area (Å²) in [5.74, 6) is 0.240. The zero-order chi connectivity index (χ0) is 23.4. The summed E-state index contributed by atoms with van der Waals surface area (Å²) in [5.41, 5.74) is 1.58. The fourth-order valence-electron chi connectivity index (χ4n) is 3.60. The molecule has 33 heavy (non-hydrogen) atoms. The lowest BCUT2D eigenvalue weighted by molar-refractivity contribution is -0.122. The molecule has 0 saturated heterocycles. The Hall–Kier alpha value is -3.52. The number of hydrogen-bond donors (Lipinski definition) is 1. The Kier molecular flexibility index (Phi) is 6.55. The van der Waals surface area contributed by atoms with Crippen molar-refractivity contribution < 1.29 is 22.7 Å². The Morgan fingerprint density at radius 1 is 1.03 bits per heavy atom. The van der Waals surface area contributed by atoms with Gasteiger partial charge < -0.3 is 14.8 Å². The molecular weight excluding hydrogens is 440 g/mol. The lowest BCUT2D eigenvalue weighted by atomic mass is 10.2. The van der Waals surface area contributed by atoms with E-state index >= 15 is 0 Å². The monoisotopic (exact) mass is 466 g/mol. The van der Waals surface area contributed by atoms with Crippen LogP contribution in [0.1, 0.15) is 19.4 Å². The fourth-order valence-corrected chi connectivity index (χ4v) is 5.19. The molecule has 0 saturated carbocycles. The van der Waals surface area contributed by atoms with Crippen molar-refractivity contribution in [3.63, 3.8) is 0 Å². The Morgan fingerprint density at radius 3 is 2.45 bits per heavy atom. The highest BCUT2D eigenvalue weighted by molar-refractivity contribution is 7.92. The number of benzene rings is 3. The molecule has 7 nitrogen and oxygen atoms in total. The van der Waals surface area contributed by atoms with E-state index in [1.54, 1.807) is 66.7 Å². The van der Waals surface area contributed by atoms with E-state index in [0.29, 0.717) is 28.4 Å². The molecule has 1 N–H and O–H groups in total. The van der Waals surface area contributed by atoms with E-state index in [-0.39, 0.29) is 18.4 Å². The number of amides is 1. The maximum absolute atomic E-state index is 13.3. The molecule has 1 amide bonds.